The molecule has 1 amide bonds. The maximum atomic E-state index is 14.0. The average molecular weight is 314 g/mol. The molecule has 0 aromatic heterocycles. The van der Waals surface area contributed by atoms with Crippen molar-refractivity contribution >= 4 is 28.5 Å². The summed E-state index contributed by atoms with van der Waals surface area (Å²) >= 11 is 1.97. The maximum absolute atomic E-state index is 14.0. The molecule has 0 saturated carbocycles. The van der Waals surface area contributed by atoms with Gasteiger partial charge >= 0.3 is 0 Å². The van der Waals surface area contributed by atoms with Crippen LogP contribution in [0.5, 0.6) is 0 Å². The van der Waals surface area contributed by atoms with Gasteiger partial charge in [-0.25, -0.2) is 4.39 Å². The number of amides is 1. The van der Waals surface area contributed by atoms with Gasteiger partial charge in [-0.15, -0.1) is 0 Å². The molecule has 0 unspecified atom stereocenters. The van der Waals surface area contributed by atoms with Gasteiger partial charge in [0.15, 0.2) is 0 Å². The lowest BCUT2D eigenvalue weighted by atomic mass is 9.93. The molecule has 1 N–H and O–H groups in total. The largest absolute Gasteiger partial charge is 0.352 e. The third-order valence-corrected chi connectivity index (χ3v) is 3.30. The van der Waals surface area contributed by atoms with Crippen LogP contribution in [0.2, 0.25) is 0 Å². The van der Waals surface area contributed by atoms with Crippen LogP contribution in [0.25, 0.3) is 0 Å². The molecule has 1 fully saturated rings. The number of nitrogens with one attached hydrogen (secondary N) is 1. The standard InChI is InChI=1S/C9H16FIN2O/c1-13-4-2-9(10,3-5-13)7-12-8(14)6-11/h2-7H2,1H3,(H,12,14). The summed E-state index contributed by atoms with van der Waals surface area (Å²) in [6.45, 7) is 1.72. The number of hydrogen-bond acceptors (Lipinski definition) is 2. The SMILES string of the molecule is CN1CCC(F)(CNC(=O)CI)CC1. The van der Waals surface area contributed by atoms with Gasteiger partial charge < -0.3 is 10.2 Å². The van der Waals surface area contributed by atoms with Gasteiger partial charge in [0.2, 0.25) is 5.91 Å². The van der Waals surface area contributed by atoms with E-state index in [1.54, 1.807) is 0 Å². The van der Waals surface area contributed by atoms with Crippen molar-refractivity contribution in [2.45, 2.75) is 18.5 Å². The Balaban J connectivity index is 2.31. The van der Waals surface area contributed by atoms with E-state index in [4.69, 9.17) is 0 Å². The van der Waals surface area contributed by atoms with Crippen LogP contribution < -0.4 is 5.32 Å². The number of alkyl halides is 2. The number of halogens is 2. The molecule has 82 valence electrons. The number of rotatable bonds is 3. The molecule has 5 heteroatoms. The normalized spacial score (nSPS) is 21.9. The van der Waals surface area contributed by atoms with E-state index in [9.17, 15) is 9.18 Å². The molecule has 0 spiro atoms. The van der Waals surface area contributed by atoms with E-state index in [0.29, 0.717) is 17.3 Å². The zero-order valence-corrected chi connectivity index (χ0v) is 10.5. The molecule has 0 aromatic carbocycles. The molecule has 1 heterocycles. The minimum absolute atomic E-state index is 0.0819. The van der Waals surface area contributed by atoms with Gasteiger partial charge in [0.05, 0.1) is 11.0 Å². The zero-order chi connectivity index (χ0) is 10.6. The second-order valence-electron chi connectivity index (χ2n) is 3.86. The number of nitrogens with zero attached hydrogens (tertiary/aromatic N) is 1. The molecule has 0 aliphatic carbocycles. The Morgan fingerprint density at radius 1 is 1.57 bits per heavy atom. The quantitative estimate of drug-likeness (QED) is 0.622. The van der Waals surface area contributed by atoms with Crippen molar-refractivity contribution in [3.63, 3.8) is 0 Å². The fourth-order valence-corrected chi connectivity index (χ4v) is 1.77. The van der Waals surface area contributed by atoms with Gasteiger partial charge in [-0.05, 0) is 19.9 Å². The molecule has 1 aliphatic rings. The van der Waals surface area contributed by atoms with Gasteiger partial charge in [-0.2, -0.15) is 0 Å². The van der Waals surface area contributed by atoms with Gasteiger partial charge in [-0.1, -0.05) is 22.6 Å². The lowest BCUT2D eigenvalue weighted by molar-refractivity contribution is -0.119. The topological polar surface area (TPSA) is 32.3 Å². The summed E-state index contributed by atoms with van der Waals surface area (Å²) in [5, 5.41) is 2.62. The highest BCUT2D eigenvalue weighted by Crippen LogP contribution is 2.24. The van der Waals surface area contributed by atoms with Crippen molar-refractivity contribution < 1.29 is 9.18 Å². The first-order valence-corrected chi connectivity index (χ1v) is 6.28. The molecule has 1 aliphatic heterocycles. The summed E-state index contributed by atoms with van der Waals surface area (Å²) in [6, 6.07) is 0. The summed E-state index contributed by atoms with van der Waals surface area (Å²) in [4.78, 5) is 13.1. The average Bonchev–Trinajstić information content (AvgIpc) is 2.20. The first-order valence-electron chi connectivity index (χ1n) is 4.76. The van der Waals surface area contributed by atoms with E-state index in [0.717, 1.165) is 13.1 Å². The van der Waals surface area contributed by atoms with Crippen molar-refractivity contribution in [1.29, 1.82) is 0 Å². The van der Waals surface area contributed by atoms with E-state index < -0.39 is 5.67 Å². The van der Waals surface area contributed by atoms with Crippen LogP contribution in [0.3, 0.4) is 0 Å². The van der Waals surface area contributed by atoms with Crippen LogP contribution in [0.4, 0.5) is 4.39 Å². The van der Waals surface area contributed by atoms with Crippen LogP contribution in [-0.4, -0.2) is 47.6 Å². The summed E-state index contributed by atoms with van der Waals surface area (Å²) in [5.41, 5.74) is -1.19. The Morgan fingerprint density at radius 2 is 2.14 bits per heavy atom. The summed E-state index contributed by atoms with van der Waals surface area (Å²) in [5.74, 6) is -0.0819. The Morgan fingerprint density at radius 3 is 2.64 bits per heavy atom. The highest BCUT2D eigenvalue weighted by molar-refractivity contribution is 14.1. The number of piperidine rings is 1. The first kappa shape index (κ1) is 12.2. The van der Waals surface area contributed by atoms with E-state index in [2.05, 4.69) is 10.2 Å². The molecule has 1 rings (SSSR count). The maximum Gasteiger partial charge on any atom is 0.229 e. The molecular weight excluding hydrogens is 298 g/mol. The van der Waals surface area contributed by atoms with E-state index in [1.165, 1.54) is 0 Å². The predicted octanol–water partition coefficient (Wildman–Crippen LogP) is 0.972. The molecular formula is C9H16FIN2O. The van der Waals surface area contributed by atoms with Gasteiger partial charge in [0, 0.05) is 13.1 Å². The Hall–Kier alpha value is 0.0900. The summed E-state index contributed by atoms with van der Waals surface area (Å²) in [6.07, 6.45) is 1.04. The van der Waals surface area contributed by atoms with Crippen molar-refractivity contribution in [2.24, 2.45) is 0 Å². The van der Waals surface area contributed by atoms with Crippen LogP contribution in [0.15, 0.2) is 0 Å². The van der Waals surface area contributed by atoms with E-state index in [-0.39, 0.29) is 12.5 Å². The summed E-state index contributed by atoms with van der Waals surface area (Å²) < 4.78 is 14.4. The van der Waals surface area contributed by atoms with Crippen LogP contribution in [0, 0.1) is 0 Å². The Bertz CT molecular complexity index is 205. The highest BCUT2D eigenvalue weighted by atomic mass is 127. The Labute approximate surface area is 97.6 Å². The van der Waals surface area contributed by atoms with Crippen molar-refractivity contribution in [3.05, 3.63) is 0 Å². The second-order valence-corrected chi connectivity index (χ2v) is 4.63. The molecule has 14 heavy (non-hydrogen) atoms. The van der Waals surface area contributed by atoms with Crippen LogP contribution >= 0.6 is 22.6 Å². The van der Waals surface area contributed by atoms with Crippen molar-refractivity contribution in [1.82, 2.24) is 10.2 Å². The molecule has 1 saturated heterocycles. The molecule has 0 aromatic rings. The minimum Gasteiger partial charge on any atom is -0.352 e. The molecule has 0 bridgehead atoms. The third kappa shape index (κ3) is 3.68. The monoisotopic (exact) mass is 314 g/mol. The van der Waals surface area contributed by atoms with Crippen molar-refractivity contribution in [2.75, 3.05) is 31.1 Å². The fourth-order valence-electron chi connectivity index (χ4n) is 1.50. The van der Waals surface area contributed by atoms with E-state index >= 15 is 0 Å². The fraction of sp³-hybridized carbons (Fsp3) is 0.889. The Kier molecular flexibility index (Phi) is 4.56. The first-order chi connectivity index (χ1) is 6.56. The lowest BCUT2D eigenvalue weighted by Crippen LogP contribution is -2.47. The minimum atomic E-state index is -1.19. The van der Waals surface area contributed by atoms with Gasteiger partial charge in [0.1, 0.15) is 5.67 Å². The van der Waals surface area contributed by atoms with Crippen molar-refractivity contribution in [3.8, 4) is 0 Å². The highest BCUT2D eigenvalue weighted by Gasteiger charge is 2.33. The summed E-state index contributed by atoms with van der Waals surface area (Å²) in [7, 11) is 1.99. The molecule has 3 nitrogen and oxygen atoms in total. The second kappa shape index (κ2) is 5.25. The van der Waals surface area contributed by atoms with Crippen LogP contribution in [0.1, 0.15) is 12.8 Å². The predicted molar refractivity (Wildman–Crippen MR) is 62.5 cm³/mol. The lowest BCUT2D eigenvalue weighted by Gasteiger charge is -2.34. The zero-order valence-electron chi connectivity index (χ0n) is 8.35. The van der Waals surface area contributed by atoms with E-state index in [1.807, 2.05) is 29.6 Å². The smallest absolute Gasteiger partial charge is 0.229 e. The van der Waals surface area contributed by atoms with Gasteiger partial charge in [0.25, 0.3) is 0 Å². The number of hydrogen-bond donors (Lipinski definition) is 1. The number of carbonyl (C=O) groups excluding carboxylic acids is 1. The number of likely N-dealkylation sites (tertiary alicyclic amines) is 1. The van der Waals surface area contributed by atoms with Gasteiger partial charge in [-0.3, -0.25) is 4.79 Å². The molecule has 0 atom stereocenters. The number of carbonyl (C=O) groups is 1. The third-order valence-electron chi connectivity index (χ3n) is 2.61. The van der Waals surface area contributed by atoms with Crippen LogP contribution in [-0.2, 0) is 4.79 Å². The molecule has 0 radical (unpaired) electrons.